The summed E-state index contributed by atoms with van der Waals surface area (Å²) in [5, 5.41) is 0.666. The third kappa shape index (κ3) is 3.14. The number of nitrogens with two attached hydrogens (primary N) is 1. The Bertz CT molecular complexity index is 402. The molecule has 0 atom stereocenters. The summed E-state index contributed by atoms with van der Waals surface area (Å²) < 4.78 is 5.56. The third-order valence-electron chi connectivity index (χ3n) is 2.39. The first-order chi connectivity index (χ1) is 7.33. The minimum Gasteiger partial charge on any atom is -0.492 e. The van der Waals surface area contributed by atoms with E-state index in [-0.39, 0.29) is 12.5 Å². The molecule has 3 nitrogen and oxygen atoms in total. The molecule has 1 aromatic rings. The topological polar surface area (TPSA) is 52.3 Å². The van der Waals surface area contributed by atoms with Gasteiger partial charge in [0.05, 0.1) is 5.41 Å². The van der Waals surface area contributed by atoms with Gasteiger partial charge in [-0.3, -0.25) is 4.79 Å². The van der Waals surface area contributed by atoms with Crippen LogP contribution >= 0.6 is 11.6 Å². The lowest BCUT2D eigenvalue weighted by Crippen LogP contribution is -2.36. The number of rotatable bonds is 4. The summed E-state index contributed by atoms with van der Waals surface area (Å²) in [6.07, 6.45) is 0. The molecule has 4 heteroatoms. The molecule has 2 N–H and O–H groups in total. The van der Waals surface area contributed by atoms with Crippen LogP contribution in [-0.2, 0) is 4.79 Å². The zero-order valence-corrected chi connectivity index (χ0v) is 10.5. The molecule has 0 aromatic heterocycles. The fraction of sp³-hybridized carbons (Fsp3) is 0.417. The van der Waals surface area contributed by atoms with Gasteiger partial charge < -0.3 is 10.5 Å². The number of primary amides is 1. The molecule has 88 valence electrons. The Morgan fingerprint density at radius 1 is 1.50 bits per heavy atom. The molecule has 1 rings (SSSR count). The normalized spacial score (nSPS) is 11.2. The van der Waals surface area contributed by atoms with Crippen molar-refractivity contribution < 1.29 is 9.53 Å². The van der Waals surface area contributed by atoms with Crippen molar-refractivity contribution in [2.75, 3.05) is 6.61 Å². The first-order valence-electron chi connectivity index (χ1n) is 5.02. The van der Waals surface area contributed by atoms with Crippen LogP contribution in [0.2, 0.25) is 5.02 Å². The standard InChI is InChI=1S/C12H16ClNO2/c1-8-6-9(13)4-5-10(8)16-7-12(2,3)11(14)15/h4-6H,7H2,1-3H3,(H2,14,15). The largest absolute Gasteiger partial charge is 0.492 e. The van der Waals surface area contributed by atoms with E-state index in [9.17, 15) is 4.79 Å². The molecule has 0 spiro atoms. The third-order valence-corrected chi connectivity index (χ3v) is 2.63. The van der Waals surface area contributed by atoms with Gasteiger partial charge in [-0.25, -0.2) is 0 Å². The van der Waals surface area contributed by atoms with Crippen LogP contribution in [0.15, 0.2) is 18.2 Å². The summed E-state index contributed by atoms with van der Waals surface area (Å²) in [6, 6.07) is 5.35. The summed E-state index contributed by atoms with van der Waals surface area (Å²) in [6.45, 7) is 5.66. The van der Waals surface area contributed by atoms with E-state index in [2.05, 4.69) is 0 Å². The van der Waals surface area contributed by atoms with E-state index < -0.39 is 5.41 Å². The molecule has 0 heterocycles. The van der Waals surface area contributed by atoms with Crippen molar-refractivity contribution in [3.8, 4) is 5.75 Å². The minimum atomic E-state index is -0.675. The van der Waals surface area contributed by atoms with Crippen molar-refractivity contribution in [2.45, 2.75) is 20.8 Å². The lowest BCUT2D eigenvalue weighted by atomic mass is 9.94. The summed E-state index contributed by atoms with van der Waals surface area (Å²) in [5.74, 6) is 0.345. The number of carbonyl (C=O) groups excluding carboxylic acids is 1. The maximum absolute atomic E-state index is 11.1. The van der Waals surface area contributed by atoms with Crippen LogP contribution in [0.25, 0.3) is 0 Å². The molecule has 0 aliphatic rings. The van der Waals surface area contributed by atoms with Crippen LogP contribution in [0, 0.1) is 12.3 Å². The van der Waals surface area contributed by atoms with Crippen LogP contribution in [-0.4, -0.2) is 12.5 Å². The van der Waals surface area contributed by atoms with E-state index in [1.165, 1.54) is 0 Å². The van der Waals surface area contributed by atoms with Crippen LogP contribution in [0.3, 0.4) is 0 Å². The van der Waals surface area contributed by atoms with E-state index in [0.29, 0.717) is 5.02 Å². The van der Waals surface area contributed by atoms with Gasteiger partial charge in [-0.2, -0.15) is 0 Å². The number of carbonyl (C=O) groups is 1. The quantitative estimate of drug-likeness (QED) is 0.881. The summed E-state index contributed by atoms with van der Waals surface area (Å²) in [4.78, 5) is 11.1. The van der Waals surface area contributed by atoms with Gasteiger partial charge in [-0.1, -0.05) is 11.6 Å². The van der Waals surface area contributed by atoms with E-state index in [0.717, 1.165) is 11.3 Å². The van der Waals surface area contributed by atoms with Gasteiger partial charge in [0, 0.05) is 5.02 Å². The van der Waals surface area contributed by atoms with E-state index in [4.69, 9.17) is 22.1 Å². The van der Waals surface area contributed by atoms with Crippen LogP contribution in [0.1, 0.15) is 19.4 Å². The smallest absolute Gasteiger partial charge is 0.226 e. The second-order valence-corrected chi connectivity index (χ2v) is 4.88. The predicted molar refractivity (Wildman–Crippen MR) is 64.7 cm³/mol. The molecule has 1 amide bonds. The van der Waals surface area contributed by atoms with Gasteiger partial charge in [0.25, 0.3) is 0 Å². The molecule has 0 saturated heterocycles. The highest BCUT2D eigenvalue weighted by Gasteiger charge is 2.26. The highest BCUT2D eigenvalue weighted by molar-refractivity contribution is 6.30. The van der Waals surface area contributed by atoms with Crippen molar-refractivity contribution in [3.63, 3.8) is 0 Å². The van der Waals surface area contributed by atoms with Crippen LogP contribution < -0.4 is 10.5 Å². The SMILES string of the molecule is Cc1cc(Cl)ccc1OCC(C)(C)C(N)=O. The lowest BCUT2D eigenvalue weighted by molar-refractivity contribution is -0.127. The Balaban J connectivity index is 2.72. The average Bonchev–Trinajstić information content (AvgIpc) is 2.16. The molecule has 0 bridgehead atoms. The molecule has 0 fully saturated rings. The highest BCUT2D eigenvalue weighted by Crippen LogP contribution is 2.24. The fourth-order valence-corrected chi connectivity index (χ4v) is 1.33. The Morgan fingerprint density at radius 3 is 2.62 bits per heavy atom. The number of hydrogen-bond donors (Lipinski definition) is 1. The molecule has 0 radical (unpaired) electrons. The Labute approximate surface area is 101 Å². The number of aryl methyl sites for hydroxylation is 1. The first-order valence-corrected chi connectivity index (χ1v) is 5.39. The van der Waals surface area contributed by atoms with Gasteiger partial charge in [0.1, 0.15) is 12.4 Å². The van der Waals surface area contributed by atoms with Crippen molar-refractivity contribution in [3.05, 3.63) is 28.8 Å². The maximum atomic E-state index is 11.1. The summed E-state index contributed by atoms with van der Waals surface area (Å²) >= 11 is 5.83. The number of benzene rings is 1. The van der Waals surface area contributed by atoms with Gasteiger partial charge in [-0.05, 0) is 44.5 Å². The van der Waals surface area contributed by atoms with E-state index in [1.54, 1.807) is 26.0 Å². The molecule has 0 aliphatic heterocycles. The fourth-order valence-electron chi connectivity index (χ4n) is 1.10. The second-order valence-electron chi connectivity index (χ2n) is 4.45. The van der Waals surface area contributed by atoms with Gasteiger partial charge in [-0.15, -0.1) is 0 Å². The number of halogens is 1. The second kappa shape index (κ2) is 4.74. The zero-order chi connectivity index (χ0) is 12.3. The highest BCUT2D eigenvalue weighted by atomic mass is 35.5. The van der Waals surface area contributed by atoms with Gasteiger partial charge in [0.2, 0.25) is 5.91 Å². The minimum absolute atomic E-state index is 0.255. The Hall–Kier alpha value is -1.22. The molecule has 16 heavy (non-hydrogen) atoms. The molecular weight excluding hydrogens is 226 g/mol. The monoisotopic (exact) mass is 241 g/mol. The predicted octanol–water partition coefficient (Wildman–Crippen LogP) is 2.54. The lowest BCUT2D eigenvalue weighted by Gasteiger charge is -2.21. The number of ether oxygens (including phenoxy) is 1. The van der Waals surface area contributed by atoms with Gasteiger partial charge >= 0.3 is 0 Å². The zero-order valence-electron chi connectivity index (χ0n) is 9.71. The maximum Gasteiger partial charge on any atom is 0.226 e. The van der Waals surface area contributed by atoms with Crippen molar-refractivity contribution in [2.24, 2.45) is 11.1 Å². The van der Waals surface area contributed by atoms with E-state index in [1.807, 2.05) is 13.0 Å². The van der Waals surface area contributed by atoms with Gasteiger partial charge in [0.15, 0.2) is 0 Å². The Kier molecular flexibility index (Phi) is 3.81. The van der Waals surface area contributed by atoms with Crippen molar-refractivity contribution >= 4 is 17.5 Å². The average molecular weight is 242 g/mol. The van der Waals surface area contributed by atoms with Crippen LogP contribution in [0.5, 0.6) is 5.75 Å². The molecular formula is C12H16ClNO2. The molecule has 1 aromatic carbocycles. The van der Waals surface area contributed by atoms with Crippen molar-refractivity contribution in [1.82, 2.24) is 0 Å². The Morgan fingerprint density at radius 2 is 2.12 bits per heavy atom. The van der Waals surface area contributed by atoms with Crippen LogP contribution in [0.4, 0.5) is 0 Å². The van der Waals surface area contributed by atoms with Crippen molar-refractivity contribution in [1.29, 1.82) is 0 Å². The molecule has 0 aliphatic carbocycles. The van der Waals surface area contributed by atoms with E-state index >= 15 is 0 Å². The first kappa shape index (κ1) is 12.8. The number of hydrogen-bond acceptors (Lipinski definition) is 2. The summed E-state index contributed by atoms with van der Waals surface area (Å²) in [5.41, 5.74) is 5.52. The molecule has 0 unspecified atom stereocenters. The number of amides is 1. The summed E-state index contributed by atoms with van der Waals surface area (Å²) in [7, 11) is 0. The molecule has 0 saturated carbocycles.